The third-order valence-electron chi connectivity index (χ3n) is 5.71. The van der Waals surface area contributed by atoms with Gasteiger partial charge in [-0.2, -0.15) is 0 Å². The zero-order valence-electron chi connectivity index (χ0n) is 16.2. The molecule has 2 saturated heterocycles. The van der Waals surface area contributed by atoms with Crippen LogP contribution in [0.25, 0.3) is 0 Å². The Balaban J connectivity index is 1.69. The fourth-order valence-corrected chi connectivity index (χ4v) is 4.04. The molecule has 0 aromatic carbocycles. The van der Waals surface area contributed by atoms with Crippen molar-refractivity contribution in [3.05, 3.63) is 0 Å². The SMILES string of the molecule is CCNC(=NCC1CCCN1CC)NCCC1CCN(CC)CC1. The van der Waals surface area contributed by atoms with E-state index in [0.29, 0.717) is 6.04 Å². The van der Waals surface area contributed by atoms with Crippen LogP contribution < -0.4 is 10.6 Å². The molecule has 0 radical (unpaired) electrons. The van der Waals surface area contributed by atoms with Gasteiger partial charge in [0.1, 0.15) is 0 Å². The van der Waals surface area contributed by atoms with Crippen LogP contribution in [0.5, 0.6) is 0 Å². The summed E-state index contributed by atoms with van der Waals surface area (Å²) < 4.78 is 0. The summed E-state index contributed by atoms with van der Waals surface area (Å²) in [4.78, 5) is 9.98. The van der Waals surface area contributed by atoms with Gasteiger partial charge in [0, 0.05) is 19.1 Å². The Labute approximate surface area is 149 Å². The molecule has 2 aliphatic heterocycles. The highest BCUT2D eigenvalue weighted by molar-refractivity contribution is 5.79. The van der Waals surface area contributed by atoms with Gasteiger partial charge in [0.25, 0.3) is 0 Å². The van der Waals surface area contributed by atoms with Crippen LogP contribution in [0.2, 0.25) is 0 Å². The molecule has 0 aromatic rings. The van der Waals surface area contributed by atoms with Crippen molar-refractivity contribution in [3.8, 4) is 0 Å². The molecular weight excluding hydrogens is 298 g/mol. The fraction of sp³-hybridized carbons (Fsp3) is 0.947. The molecule has 2 fully saturated rings. The van der Waals surface area contributed by atoms with E-state index in [1.165, 1.54) is 58.3 Å². The first-order valence-corrected chi connectivity index (χ1v) is 10.2. The summed E-state index contributed by atoms with van der Waals surface area (Å²) >= 11 is 0. The van der Waals surface area contributed by atoms with Crippen LogP contribution in [0.15, 0.2) is 4.99 Å². The highest BCUT2D eigenvalue weighted by Crippen LogP contribution is 2.19. The molecule has 24 heavy (non-hydrogen) atoms. The van der Waals surface area contributed by atoms with Crippen LogP contribution in [0.3, 0.4) is 0 Å². The topological polar surface area (TPSA) is 42.9 Å². The van der Waals surface area contributed by atoms with Crippen molar-refractivity contribution in [3.63, 3.8) is 0 Å². The maximum absolute atomic E-state index is 4.85. The van der Waals surface area contributed by atoms with E-state index in [4.69, 9.17) is 4.99 Å². The van der Waals surface area contributed by atoms with Crippen LogP contribution >= 0.6 is 0 Å². The monoisotopic (exact) mass is 337 g/mol. The van der Waals surface area contributed by atoms with Gasteiger partial charge in [0.05, 0.1) is 6.54 Å². The summed E-state index contributed by atoms with van der Waals surface area (Å²) in [7, 11) is 0. The molecule has 1 unspecified atom stereocenters. The molecular formula is C19H39N5. The van der Waals surface area contributed by atoms with E-state index >= 15 is 0 Å². The highest BCUT2D eigenvalue weighted by Gasteiger charge is 2.22. The second kappa shape index (κ2) is 10.9. The largest absolute Gasteiger partial charge is 0.357 e. The van der Waals surface area contributed by atoms with Crippen molar-refractivity contribution in [1.82, 2.24) is 20.4 Å². The summed E-state index contributed by atoms with van der Waals surface area (Å²) in [6.07, 6.45) is 6.61. The number of likely N-dealkylation sites (N-methyl/N-ethyl adjacent to an activating group) is 1. The lowest BCUT2D eigenvalue weighted by atomic mass is 9.93. The van der Waals surface area contributed by atoms with Crippen LogP contribution in [-0.2, 0) is 0 Å². The molecule has 140 valence electrons. The summed E-state index contributed by atoms with van der Waals surface area (Å²) in [5.74, 6) is 1.89. The Morgan fingerprint density at radius 1 is 1.00 bits per heavy atom. The Bertz CT molecular complexity index is 363. The van der Waals surface area contributed by atoms with Crippen molar-refractivity contribution >= 4 is 5.96 Å². The fourth-order valence-electron chi connectivity index (χ4n) is 4.04. The normalized spacial score (nSPS) is 24.5. The number of likely N-dealkylation sites (tertiary alicyclic amines) is 2. The lowest BCUT2D eigenvalue weighted by Crippen LogP contribution is -2.40. The van der Waals surface area contributed by atoms with E-state index in [1.807, 2.05) is 0 Å². The minimum Gasteiger partial charge on any atom is -0.357 e. The summed E-state index contributed by atoms with van der Waals surface area (Å²) in [6.45, 7) is 15.8. The third-order valence-corrected chi connectivity index (χ3v) is 5.71. The van der Waals surface area contributed by atoms with Gasteiger partial charge in [-0.15, -0.1) is 0 Å². The van der Waals surface area contributed by atoms with E-state index in [1.54, 1.807) is 0 Å². The van der Waals surface area contributed by atoms with E-state index in [-0.39, 0.29) is 0 Å². The van der Waals surface area contributed by atoms with Gasteiger partial charge < -0.3 is 15.5 Å². The van der Waals surface area contributed by atoms with Gasteiger partial charge in [-0.1, -0.05) is 13.8 Å². The minimum atomic E-state index is 0.642. The number of rotatable bonds is 8. The molecule has 0 amide bonds. The number of nitrogens with zero attached hydrogens (tertiary/aromatic N) is 3. The standard InChI is InChI=1S/C19H39N5/c1-4-20-19(22-16-18-8-7-13-24(18)6-3)21-12-9-17-10-14-23(5-2)15-11-17/h17-18H,4-16H2,1-3H3,(H2,20,21,22). The molecule has 0 saturated carbocycles. The number of nitrogens with one attached hydrogen (secondary N) is 2. The maximum Gasteiger partial charge on any atom is 0.191 e. The second-order valence-corrected chi connectivity index (χ2v) is 7.24. The van der Waals surface area contributed by atoms with Crippen molar-refractivity contribution in [2.24, 2.45) is 10.9 Å². The molecule has 0 aromatic heterocycles. The lowest BCUT2D eigenvalue weighted by Gasteiger charge is -2.31. The quantitative estimate of drug-likeness (QED) is 0.526. The highest BCUT2D eigenvalue weighted by atomic mass is 15.2. The van der Waals surface area contributed by atoms with E-state index in [9.17, 15) is 0 Å². The second-order valence-electron chi connectivity index (χ2n) is 7.24. The van der Waals surface area contributed by atoms with Crippen LogP contribution in [0.1, 0.15) is 52.9 Å². The van der Waals surface area contributed by atoms with E-state index in [0.717, 1.165) is 38.1 Å². The van der Waals surface area contributed by atoms with Crippen LogP contribution in [0, 0.1) is 5.92 Å². The molecule has 0 bridgehead atoms. The van der Waals surface area contributed by atoms with Crippen LogP contribution in [0.4, 0.5) is 0 Å². The molecule has 2 N–H and O–H groups in total. The number of hydrogen-bond donors (Lipinski definition) is 2. The van der Waals surface area contributed by atoms with Crippen molar-refractivity contribution in [1.29, 1.82) is 0 Å². The van der Waals surface area contributed by atoms with Gasteiger partial charge in [-0.25, -0.2) is 0 Å². The molecule has 0 aliphatic carbocycles. The predicted octanol–water partition coefficient (Wildman–Crippen LogP) is 2.15. The number of hydrogen-bond acceptors (Lipinski definition) is 3. The average Bonchev–Trinajstić information content (AvgIpc) is 3.08. The van der Waals surface area contributed by atoms with Crippen molar-refractivity contribution in [2.75, 3.05) is 52.4 Å². The Morgan fingerprint density at radius 3 is 2.46 bits per heavy atom. The maximum atomic E-state index is 4.85. The van der Waals surface area contributed by atoms with E-state index in [2.05, 4.69) is 41.2 Å². The predicted molar refractivity (Wildman–Crippen MR) is 104 cm³/mol. The molecule has 2 aliphatic rings. The zero-order valence-corrected chi connectivity index (χ0v) is 16.2. The number of guanidine groups is 1. The van der Waals surface area contributed by atoms with Gasteiger partial charge in [-0.3, -0.25) is 9.89 Å². The smallest absolute Gasteiger partial charge is 0.191 e. The molecule has 2 rings (SSSR count). The summed E-state index contributed by atoms with van der Waals surface area (Å²) in [6, 6.07) is 0.642. The molecule has 2 heterocycles. The molecule has 0 spiro atoms. The number of piperidine rings is 1. The van der Waals surface area contributed by atoms with E-state index < -0.39 is 0 Å². The summed E-state index contributed by atoms with van der Waals surface area (Å²) in [5, 5.41) is 6.96. The van der Waals surface area contributed by atoms with Gasteiger partial charge in [0.2, 0.25) is 0 Å². The molecule has 5 heteroatoms. The lowest BCUT2D eigenvalue weighted by molar-refractivity contribution is 0.187. The minimum absolute atomic E-state index is 0.642. The Morgan fingerprint density at radius 2 is 1.79 bits per heavy atom. The average molecular weight is 338 g/mol. The number of aliphatic imine (C=N–C) groups is 1. The third kappa shape index (κ3) is 6.25. The first-order valence-electron chi connectivity index (χ1n) is 10.2. The van der Waals surface area contributed by atoms with Gasteiger partial charge in [-0.05, 0) is 77.7 Å². The Hall–Kier alpha value is -0.810. The first kappa shape index (κ1) is 19.5. The first-order chi connectivity index (χ1) is 11.8. The van der Waals surface area contributed by atoms with Crippen molar-refractivity contribution < 1.29 is 0 Å². The van der Waals surface area contributed by atoms with Crippen molar-refractivity contribution in [2.45, 2.75) is 58.9 Å². The summed E-state index contributed by atoms with van der Waals surface area (Å²) in [5.41, 5.74) is 0. The van der Waals surface area contributed by atoms with Gasteiger partial charge in [0.15, 0.2) is 5.96 Å². The van der Waals surface area contributed by atoms with Crippen LogP contribution in [-0.4, -0.2) is 74.2 Å². The van der Waals surface area contributed by atoms with Gasteiger partial charge >= 0.3 is 0 Å². The zero-order chi connectivity index (χ0) is 17.2. The molecule has 1 atom stereocenters. The Kier molecular flexibility index (Phi) is 8.89. The molecule has 5 nitrogen and oxygen atoms in total.